The number of nitrogens with one attached hydrogen (secondary N) is 1. The minimum absolute atomic E-state index is 0.295. The van der Waals surface area contributed by atoms with Gasteiger partial charge in [0.05, 0.1) is 0 Å². The highest BCUT2D eigenvalue weighted by atomic mass is 16.7. The quantitative estimate of drug-likeness (QED) is 0.799. The van der Waals surface area contributed by atoms with Crippen molar-refractivity contribution in [3.63, 3.8) is 0 Å². The number of fused-ring (bicyclic) bond motifs is 1. The number of rotatable bonds is 6. The summed E-state index contributed by atoms with van der Waals surface area (Å²) in [6.07, 6.45) is 6.52. The fourth-order valence-corrected chi connectivity index (χ4v) is 2.01. The van der Waals surface area contributed by atoms with Gasteiger partial charge < -0.3 is 19.5 Å². The van der Waals surface area contributed by atoms with Crippen molar-refractivity contribution in [2.75, 3.05) is 13.4 Å². The van der Waals surface area contributed by atoms with Crippen molar-refractivity contribution in [2.24, 2.45) is 0 Å². The average Bonchev–Trinajstić information content (AvgIpc) is 3.14. The molecule has 1 aromatic carbocycles. The first-order valence-electron chi connectivity index (χ1n) is 6.76. The van der Waals surface area contributed by atoms with Gasteiger partial charge in [-0.2, -0.15) is 0 Å². The lowest BCUT2D eigenvalue weighted by molar-refractivity contribution is 0.174. The molecule has 4 nitrogen and oxygen atoms in total. The van der Waals surface area contributed by atoms with Crippen LogP contribution in [-0.2, 0) is 6.54 Å². The van der Waals surface area contributed by atoms with E-state index < -0.39 is 0 Å². The van der Waals surface area contributed by atoms with Crippen LogP contribution in [0.1, 0.15) is 25.3 Å². The van der Waals surface area contributed by atoms with Crippen LogP contribution in [-0.4, -0.2) is 19.4 Å². The Bertz CT molecular complexity index is 481. The SMILES string of the molecule is C/C=C/COc1cc2c(cc1CNC1CC1)OCO2. The molecule has 1 saturated carbocycles. The van der Waals surface area contributed by atoms with Gasteiger partial charge in [-0.15, -0.1) is 0 Å². The molecular weight excluding hydrogens is 242 g/mol. The summed E-state index contributed by atoms with van der Waals surface area (Å²) >= 11 is 0. The van der Waals surface area contributed by atoms with Crippen molar-refractivity contribution in [3.05, 3.63) is 29.8 Å². The minimum atomic E-state index is 0.295. The van der Waals surface area contributed by atoms with Gasteiger partial charge >= 0.3 is 0 Å². The highest BCUT2D eigenvalue weighted by molar-refractivity contribution is 5.51. The second-order valence-electron chi connectivity index (χ2n) is 4.85. The minimum Gasteiger partial charge on any atom is -0.489 e. The summed E-state index contributed by atoms with van der Waals surface area (Å²) in [4.78, 5) is 0. The van der Waals surface area contributed by atoms with E-state index in [1.807, 2.05) is 31.2 Å². The maximum absolute atomic E-state index is 5.79. The van der Waals surface area contributed by atoms with Gasteiger partial charge in [0, 0.05) is 24.2 Å². The van der Waals surface area contributed by atoms with Gasteiger partial charge in [0.2, 0.25) is 6.79 Å². The molecule has 1 N–H and O–H groups in total. The van der Waals surface area contributed by atoms with Gasteiger partial charge in [-0.05, 0) is 25.8 Å². The molecule has 1 aliphatic heterocycles. The molecule has 102 valence electrons. The van der Waals surface area contributed by atoms with E-state index in [9.17, 15) is 0 Å². The number of benzene rings is 1. The molecule has 0 bridgehead atoms. The van der Waals surface area contributed by atoms with Crippen LogP contribution < -0.4 is 19.5 Å². The number of ether oxygens (including phenoxy) is 3. The third-order valence-electron chi connectivity index (χ3n) is 3.29. The van der Waals surface area contributed by atoms with Crippen LogP contribution in [0.2, 0.25) is 0 Å². The fraction of sp³-hybridized carbons (Fsp3) is 0.467. The molecule has 2 aliphatic rings. The number of hydrogen-bond acceptors (Lipinski definition) is 4. The number of allylic oxidation sites excluding steroid dienone is 1. The monoisotopic (exact) mass is 261 g/mol. The summed E-state index contributed by atoms with van der Waals surface area (Å²) in [6.45, 7) is 3.67. The van der Waals surface area contributed by atoms with Gasteiger partial charge in [0.15, 0.2) is 11.5 Å². The largest absolute Gasteiger partial charge is 0.489 e. The summed E-state index contributed by atoms with van der Waals surface area (Å²) in [6, 6.07) is 4.62. The Morgan fingerprint density at radius 1 is 1.32 bits per heavy atom. The fourth-order valence-electron chi connectivity index (χ4n) is 2.01. The first-order valence-corrected chi connectivity index (χ1v) is 6.76. The standard InChI is InChI=1S/C15H19NO3/c1-2-3-6-17-13-8-15-14(18-10-19-15)7-11(13)9-16-12-4-5-12/h2-3,7-8,12,16H,4-6,9-10H2,1H3/b3-2+. The van der Waals surface area contributed by atoms with Gasteiger partial charge in [0.25, 0.3) is 0 Å². The highest BCUT2D eigenvalue weighted by Crippen LogP contribution is 2.38. The Balaban J connectivity index is 1.76. The lowest BCUT2D eigenvalue weighted by atomic mass is 10.1. The smallest absolute Gasteiger partial charge is 0.231 e. The van der Waals surface area contributed by atoms with E-state index >= 15 is 0 Å². The first-order chi connectivity index (χ1) is 9.36. The molecule has 19 heavy (non-hydrogen) atoms. The predicted molar refractivity (Wildman–Crippen MR) is 72.7 cm³/mol. The van der Waals surface area contributed by atoms with Gasteiger partial charge in [0.1, 0.15) is 12.4 Å². The van der Waals surface area contributed by atoms with Crippen LogP contribution in [0.3, 0.4) is 0 Å². The molecule has 0 spiro atoms. The molecule has 1 heterocycles. The van der Waals surface area contributed by atoms with Crippen LogP contribution in [0.25, 0.3) is 0 Å². The molecule has 1 aromatic rings. The normalized spacial score (nSPS) is 17.1. The lowest BCUT2D eigenvalue weighted by Crippen LogP contribution is -2.16. The Morgan fingerprint density at radius 3 is 2.84 bits per heavy atom. The van der Waals surface area contributed by atoms with E-state index in [-0.39, 0.29) is 0 Å². The van der Waals surface area contributed by atoms with Gasteiger partial charge in [-0.3, -0.25) is 0 Å². The summed E-state index contributed by atoms with van der Waals surface area (Å²) in [7, 11) is 0. The van der Waals surface area contributed by atoms with Gasteiger partial charge in [-0.1, -0.05) is 12.2 Å². The molecule has 1 aliphatic carbocycles. The molecule has 0 atom stereocenters. The van der Waals surface area contributed by atoms with E-state index in [2.05, 4.69) is 5.32 Å². The second kappa shape index (κ2) is 5.53. The molecule has 0 saturated heterocycles. The second-order valence-corrected chi connectivity index (χ2v) is 4.85. The average molecular weight is 261 g/mol. The highest BCUT2D eigenvalue weighted by Gasteiger charge is 2.22. The zero-order chi connectivity index (χ0) is 13.1. The molecule has 0 unspecified atom stereocenters. The van der Waals surface area contributed by atoms with Crippen molar-refractivity contribution >= 4 is 0 Å². The van der Waals surface area contributed by atoms with Crippen molar-refractivity contribution in [3.8, 4) is 17.2 Å². The van der Waals surface area contributed by atoms with E-state index in [1.54, 1.807) is 0 Å². The van der Waals surface area contributed by atoms with E-state index in [0.717, 1.165) is 29.4 Å². The Hall–Kier alpha value is -1.68. The van der Waals surface area contributed by atoms with Crippen molar-refractivity contribution in [1.29, 1.82) is 0 Å². The molecular formula is C15H19NO3. The Kier molecular flexibility index (Phi) is 3.60. The summed E-state index contributed by atoms with van der Waals surface area (Å²) < 4.78 is 16.6. The van der Waals surface area contributed by atoms with Crippen molar-refractivity contribution in [2.45, 2.75) is 32.4 Å². The molecule has 0 amide bonds. The van der Waals surface area contributed by atoms with Crippen molar-refractivity contribution in [1.82, 2.24) is 5.32 Å². The van der Waals surface area contributed by atoms with E-state index in [1.165, 1.54) is 12.8 Å². The Morgan fingerprint density at radius 2 is 2.11 bits per heavy atom. The summed E-state index contributed by atoms with van der Waals surface area (Å²) in [5.74, 6) is 2.45. The van der Waals surface area contributed by atoms with E-state index in [0.29, 0.717) is 19.4 Å². The van der Waals surface area contributed by atoms with Crippen LogP contribution >= 0.6 is 0 Å². The predicted octanol–water partition coefficient (Wildman–Crippen LogP) is 2.62. The Labute approximate surface area is 113 Å². The first kappa shape index (κ1) is 12.4. The topological polar surface area (TPSA) is 39.7 Å². The van der Waals surface area contributed by atoms with Crippen LogP contribution in [0.4, 0.5) is 0 Å². The molecule has 0 aromatic heterocycles. The van der Waals surface area contributed by atoms with Crippen LogP contribution in [0.5, 0.6) is 17.2 Å². The van der Waals surface area contributed by atoms with E-state index in [4.69, 9.17) is 14.2 Å². The summed E-state index contributed by atoms with van der Waals surface area (Å²) in [5.41, 5.74) is 1.13. The zero-order valence-electron chi connectivity index (χ0n) is 11.1. The third kappa shape index (κ3) is 3.01. The van der Waals surface area contributed by atoms with Gasteiger partial charge in [-0.25, -0.2) is 0 Å². The lowest BCUT2D eigenvalue weighted by Gasteiger charge is -2.12. The van der Waals surface area contributed by atoms with Crippen molar-refractivity contribution < 1.29 is 14.2 Å². The van der Waals surface area contributed by atoms with Crippen LogP contribution in [0, 0.1) is 0 Å². The third-order valence-corrected chi connectivity index (χ3v) is 3.29. The molecule has 4 heteroatoms. The maximum atomic E-state index is 5.79. The molecule has 3 rings (SSSR count). The summed E-state index contributed by atoms with van der Waals surface area (Å²) in [5, 5.41) is 3.50. The maximum Gasteiger partial charge on any atom is 0.231 e. The molecule has 1 fully saturated rings. The zero-order valence-corrected chi connectivity index (χ0v) is 11.1. The molecule has 0 radical (unpaired) electrons. The van der Waals surface area contributed by atoms with Crippen LogP contribution in [0.15, 0.2) is 24.3 Å². The number of hydrogen-bond donors (Lipinski definition) is 1.